The van der Waals surface area contributed by atoms with Crippen LogP contribution < -0.4 is 15.0 Å². The second-order valence-corrected chi connectivity index (χ2v) is 7.98. The van der Waals surface area contributed by atoms with Crippen molar-refractivity contribution in [3.63, 3.8) is 0 Å². The highest BCUT2D eigenvalue weighted by atomic mass is 79.9. The van der Waals surface area contributed by atoms with E-state index in [0.29, 0.717) is 17.9 Å². The Hall–Kier alpha value is -3.13. The number of unbranched alkanes of at least 4 members (excludes halogenated alkanes) is 3. The highest BCUT2D eigenvalue weighted by Gasteiger charge is 2.37. The number of nitrogens with one attached hydrogen (secondary N) is 1. The molecule has 0 aliphatic carbocycles. The number of anilines is 1. The number of imide groups is 2. The summed E-state index contributed by atoms with van der Waals surface area (Å²) in [6.07, 6.45) is 5.65. The number of phenolic OH excluding ortho intramolecular Hbond substituents is 1. The van der Waals surface area contributed by atoms with Crippen LogP contribution in [0.2, 0.25) is 0 Å². The molecular formula is C23H23BrN2O5. The number of carbonyl (C=O) groups is 3. The molecule has 0 atom stereocenters. The number of hydrogen-bond donors (Lipinski definition) is 2. The summed E-state index contributed by atoms with van der Waals surface area (Å²) in [7, 11) is 0. The van der Waals surface area contributed by atoms with E-state index >= 15 is 0 Å². The number of benzene rings is 2. The first-order valence-corrected chi connectivity index (χ1v) is 10.8. The molecule has 0 saturated carbocycles. The lowest BCUT2D eigenvalue weighted by molar-refractivity contribution is -0.122. The number of amides is 4. The summed E-state index contributed by atoms with van der Waals surface area (Å²) < 4.78 is 6.64. The second kappa shape index (κ2) is 10.3. The molecule has 1 fully saturated rings. The molecular weight excluding hydrogens is 464 g/mol. The van der Waals surface area contributed by atoms with Gasteiger partial charge in [-0.2, -0.15) is 0 Å². The fourth-order valence-electron chi connectivity index (χ4n) is 3.12. The van der Waals surface area contributed by atoms with Gasteiger partial charge in [-0.1, -0.05) is 42.1 Å². The number of carbonyl (C=O) groups excluding carboxylic acids is 3. The minimum absolute atomic E-state index is 0.00433. The molecule has 1 aliphatic heterocycles. The molecule has 162 valence electrons. The molecule has 0 aromatic heterocycles. The average molecular weight is 487 g/mol. The molecule has 0 radical (unpaired) electrons. The van der Waals surface area contributed by atoms with Crippen molar-refractivity contribution < 1.29 is 24.2 Å². The molecule has 8 heteroatoms. The van der Waals surface area contributed by atoms with Crippen molar-refractivity contribution >= 4 is 45.5 Å². The Bertz CT molecular complexity index is 1020. The normalized spacial score (nSPS) is 15.4. The van der Waals surface area contributed by atoms with Gasteiger partial charge in [-0.3, -0.25) is 14.9 Å². The lowest BCUT2D eigenvalue weighted by Gasteiger charge is -2.26. The van der Waals surface area contributed by atoms with Gasteiger partial charge in [0.05, 0.1) is 12.3 Å². The highest BCUT2D eigenvalue weighted by molar-refractivity contribution is 9.10. The number of rotatable bonds is 8. The first kappa shape index (κ1) is 22.6. The van der Waals surface area contributed by atoms with Crippen LogP contribution in [-0.2, 0) is 9.59 Å². The standard InChI is InChI=1S/C23H23BrN2O5/c1-2-3-4-5-12-31-20-11-6-16(24)13-15(20)14-19-21(28)25-23(30)26(22(19)29)17-7-9-18(27)10-8-17/h6-11,13-14,27H,2-5,12H2,1H3,(H,25,28,30)/b19-14-. The zero-order valence-corrected chi connectivity index (χ0v) is 18.6. The Morgan fingerprint density at radius 2 is 1.81 bits per heavy atom. The van der Waals surface area contributed by atoms with Gasteiger partial charge in [-0.05, 0) is 55.0 Å². The number of hydrogen-bond acceptors (Lipinski definition) is 5. The lowest BCUT2D eigenvalue weighted by atomic mass is 10.1. The number of barbiturate groups is 1. The minimum Gasteiger partial charge on any atom is -0.508 e. The fourth-order valence-corrected chi connectivity index (χ4v) is 3.50. The summed E-state index contributed by atoms with van der Waals surface area (Å²) in [6.45, 7) is 2.66. The number of urea groups is 1. The summed E-state index contributed by atoms with van der Waals surface area (Å²) in [4.78, 5) is 38.6. The van der Waals surface area contributed by atoms with Gasteiger partial charge in [-0.25, -0.2) is 9.69 Å². The van der Waals surface area contributed by atoms with E-state index in [0.717, 1.165) is 35.1 Å². The van der Waals surface area contributed by atoms with E-state index in [2.05, 4.69) is 28.2 Å². The molecule has 0 spiro atoms. The predicted octanol–water partition coefficient (Wildman–Crippen LogP) is 4.78. The van der Waals surface area contributed by atoms with Crippen molar-refractivity contribution in [2.75, 3.05) is 11.5 Å². The van der Waals surface area contributed by atoms with Gasteiger partial charge < -0.3 is 9.84 Å². The van der Waals surface area contributed by atoms with E-state index in [9.17, 15) is 19.5 Å². The summed E-state index contributed by atoms with van der Waals surface area (Å²) >= 11 is 3.40. The van der Waals surface area contributed by atoms with Crippen molar-refractivity contribution in [3.05, 3.63) is 58.1 Å². The van der Waals surface area contributed by atoms with Crippen molar-refractivity contribution in [1.29, 1.82) is 0 Å². The van der Waals surface area contributed by atoms with E-state index in [1.54, 1.807) is 12.1 Å². The predicted molar refractivity (Wildman–Crippen MR) is 121 cm³/mol. The summed E-state index contributed by atoms with van der Waals surface area (Å²) in [5.74, 6) is -0.997. The first-order chi connectivity index (χ1) is 14.9. The third kappa shape index (κ3) is 5.52. The fraction of sp³-hybridized carbons (Fsp3) is 0.261. The number of aromatic hydroxyl groups is 1. The maximum absolute atomic E-state index is 13.0. The molecule has 7 nitrogen and oxygen atoms in total. The van der Waals surface area contributed by atoms with E-state index in [4.69, 9.17) is 4.74 Å². The molecule has 0 unspecified atom stereocenters. The van der Waals surface area contributed by atoms with Crippen molar-refractivity contribution in [2.24, 2.45) is 0 Å². The molecule has 31 heavy (non-hydrogen) atoms. The number of halogens is 1. The molecule has 1 heterocycles. The Kier molecular flexibility index (Phi) is 7.46. The Morgan fingerprint density at radius 1 is 1.06 bits per heavy atom. The number of phenols is 1. The van der Waals surface area contributed by atoms with Crippen LogP contribution in [0.4, 0.5) is 10.5 Å². The quantitative estimate of drug-likeness (QED) is 0.318. The van der Waals surface area contributed by atoms with Crippen LogP contribution in [0.3, 0.4) is 0 Å². The van der Waals surface area contributed by atoms with Crippen molar-refractivity contribution in [3.8, 4) is 11.5 Å². The van der Waals surface area contributed by atoms with E-state index in [1.807, 2.05) is 6.07 Å². The summed E-state index contributed by atoms with van der Waals surface area (Å²) in [6, 6.07) is 10.0. The molecule has 4 amide bonds. The molecule has 1 aliphatic rings. The van der Waals surface area contributed by atoms with Gasteiger partial charge in [0, 0.05) is 10.0 Å². The largest absolute Gasteiger partial charge is 0.508 e. The van der Waals surface area contributed by atoms with Gasteiger partial charge in [0.25, 0.3) is 11.8 Å². The average Bonchev–Trinajstić information content (AvgIpc) is 2.73. The molecule has 2 aromatic rings. The highest BCUT2D eigenvalue weighted by Crippen LogP contribution is 2.28. The number of nitrogens with zero attached hydrogens (tertiary/aromatic N) is 1. The van der Waals surface area contributed by atoms with Crippen molar-refractivity contribution in [2.45, 2.75) is 32.6 Å². The maximum atomic E-state index is 13.0. The smallest absolute Gasteiger partial charge is 0.335 e. The van der Waals surface area contributed by atoms with E-state index in [-0.39, 0.29) is 17.0 Å². The Morgan fingerprint density at radius 3 is 2.52 bits per heavy atom. The van der Waals surface area contributed by atoms with Gasteiger partial charge in [-0.15, -0.1) is 0 Å². The third-order valence-electron chi connectivity index (χ3n) is 4.74. The zero-order chi connectivity index (χ0) is 22.4. The number of ether oxygens (including phenoxy) is 1. The molecule has 2 aromatic carbocycles. The van der Waals surface area contributed by atoms with Crippen LogP contribution in [-0.4, -0.2) is 29.6 Å². The molecule has 1 saturated heterocycles. The zero-order valence-electron chi connectivity index (χ0n) is 17.1. The van der Waals surface area contributed by atoms with Crippen LogP contribution >= 0.6 is 15.9 Å². The monoisotopic (exact) mass is 486 g/mol. The molecule has 3 rings (SSSR count). The second-order valence-electron chi connectivity index (χ2n) is 7.07. The van der Waals surface area contributed by atoms with Crippen LogP contribution in [0.15, 0.2) is 52.5 Å². The maximum Gasteiger partial charge on any atom is 0.335 e. The van der Waals surface area contributed by atoms with Crippen LogP contribution in [0.25, 0.3) is 6.08 Å². The SMILES string of the molecule is CCCCCCOc1ccc(Br)cc1/C=C1/C(=O)NC(=O)N(c2ccc(O)cc2)C1=O. The Balaban J connectivity index is 1.89. The van der Waals surface area contributed by atoms with E-state index in [1.165, 1.54) is 30.3 Å². The topological polar surface area (TPSA) is 95.9 Å². The van der Waals surface area contributed by atoms with Crippen LogP contribution in [0.5, 0.6) is 11.5 Å². The lowest BCUT2D eigenvalue weighted by Crippen LogP contribution is -2.54. The van der Waals surface area contributed by atoms with Gasteiger partial charge in [0.1, 0.15) is 17.1 Å². The summed E-state index contributed by atoms with van der Waals surface area (Å²) in [5, 5.41) is 11.7. The van der Waals surface area contributed by atoms with Crippen molar-refractivity contribution in [1.82, 2.24) is 5.32 Å². The van der Waals surface area contributed by atoms with E-state index < -0.39 is 17.8 Å². The van der Waals surface area contributed by atoms with Crippen LogP contribution in [0, 0.1) is 0 Å². The van der Waals surface area contributed by atoms with Gasteiger partial charge >= 0.3 is 6.03 Å². The first-order valence-electron chi connectivity index (χ1n) is 10.0. The minimum atomic E-state index is -0.848. The molecule has 0 bridgehead atoms. The Labute approximate surface area is 188 Å². The molecule has 2 N–H and O–H groups in total. The third-order valence-corrected chi connectivity index (χ3v) is 5.23. The van der Waals surface area contributed by atoms with Gasteiger partial charge in [0.15, 0.2) is 0 Å². The van der Waals surface area contributed by atoms with Crippen LogP contribution in [0.1, 0.15) is 38.2 Å². The summed E-state index contributed by atoms with van der Waals surface area (Å²) in [5.41, 5.74) is 0.588. The van der Waals surface area contributed by atoms with Gasteiger partial charge in [0.2, 0.25) is 0 Å².